The van der Waals surface area contributed by atoms with E-state index < -0.39 is 5.97 Å². The van der Waals surface area contributed by atoms with Gasteiger partial charge in [-0.1, -0.05) is 26.0 Å². The van der Waals surface area contributed by atoms with Gasteiger partial charge in [-0.05, 0) is 30.7 Å². The van der Waals surface area contributed by atoms with Gasteiger partial charge in [-0.25, -0.2) is 4.79 Å². The van der Waals surface area contributed by atoms with E-state index in [9.17, 15) is 9.59 Å². The molecule has 0 bridgehead atoms. The smallest absolute Gasteiger partial charge is 0.335 e. The molecule has 0 atom stereocenters. The largest absolute Gasteiger partial charge is 0.478 e. The fourth-order valence-corrected chi connectivity index (χ4v) is 1.74. The molecular weight excluding hydrogens is 256 g/mol. The summed E-state index contributed by atoms with van der Waals surface area (Å²) in [5.74, 6) is -0.492. The lowest BCUT2D eigenvalue weighted by Crippen LogP contribution is -2.36. The molecule has 0 spiro atoms. The Morgan fingerprint density at radius 1 is 1.25 bits per heavy atom. The molecule has 20 heavy (non-hydrogen) atoms. The minimum Gasteiger partial charge on any atom is -0.478 e. The molecule has 0 saturated heterocycles. The molecule has 0 fully saturated rings. The maximum Gasteiger partial charge on any atom is 0.335 e. The van der Waals surface area contributed by atoms with E-state index in [1.807, 2.05) is 25.8 Å². The highest BCUT2D eigenvalue weighted by atomic mass is 16.4. The van der Waals surface area contributed by atoms with E-state index in [4.69, 9.17) is 5.11 Å². The van der Waals surface area contributed by atoms with Crippen LogP contribution >= 0.6 is 0 Å². The number of carbonyl (C=O) groups is 2. The van der Waals surface area contributed by atoms with Crippen LogP contribution in [0.25, 0.3) is 0 Å². The third kappa shape index (κ3) is 5.84. The van der Waals surface area contributed by atoms with E-state index >= 15 is 0 Å². The Balaban J connectivity index is 2.43. The SMILES string of the molecule is CC(C)CNC(=O)CN(C)Cc1ccc(C(=O)O)cc1. The summed E-state index contributed by atoms with van der Waals surface area (Å²) >= 11 is 0. The van der Waals surface area contributed by atoms with E-state index in [2.05, 4.69) is 5.32 Å². The number of amides is 1. The number of hydrogen-bond donors (Lipinski definition) is 2. The topological polar surface area (TPSA) is 69.6 Å². The highest BCUT2D eigenvalue weighted by Gasteiger charge is 2.08. The number of rotatable bonds is 7. The van der Waals surface area contributed by atoms with Crippen LogP contribution in [-0.4, -0.2) is 42.0 Å². The molecule has 0 aliphatic heterocycles. The summed E-state index contributed by atoms with van der Waals surface area (Å²) in [6.07, 6.45) is 0. The minimum absolute atomic E-state index is 0.00311. The molecule has 0 saturated carbocycles. The number of likely N-dealkylation sites (N-methyl/N-ethyl adjacent to an activating group) is 1. The van der Waals surface area contributed by atoms with E-state index in [0.717, 1.165) is 5.56 Å². The summed E-state index contributed by atoms with van der Waals surface area (Å²) in [6, 6.07) is 6.69. The van der Waals surface area contributed by atoms with Crippen LogP contribution in [0.15, 0.2) is 24.3 Å². The summed E-state index contributed by atoms with van der Waals surface area (Å²) in [4.78, 5) is 24.3. The van der Waals surface area contributed by atoms with Gasteiger partial charge in [0, 0.05) is 13.1 Å². The number of hydrogen-bond acceptors (Lipinski definition) is 3. The zero-order valence-corrected chi connectivity index (χ0v) is 12.2. The Morgan fingerprint density at radius 2 is 1.85 bits per heavy atom. The molecule has 1 aromatic carbocycles. The van der Waals surface area contributed by atoms with Crippen molar-refractivity contribution < 1.29 is 14.7 Å². The van der Waals surface area contributed by atoms with Crippen molar-refractivity contribution in [1.29, 1.82) is 0 Å². The van der Waals surface area contributed by atoms with Gasteiger partial charge in [-0.15, -0.1) is 0 Å². The second-order valence-electron chi connectivity index (χ2n) is 5.37. The first kappa shape index (κ1) is 16.2. The van der Waals surface area contributed by atoms with E-state index in [-0.39, 0.29) is 11.5 Å². The molecule has 1 amide bonds. The van der Waals surface area contributed by atoms with Gasteiger partial charge in [0.2, 0.25) is 5.91 Å². The molecule has 1 aromatic rings. The lowest BCUT2D eigenvalue weighted by Gasteiger charge is -2.17. The maximum atomic E-state index is 11.7. The number of nitrogens with zero attached hydrogens (tertiary/aromatic N) is 1. The van der Waals surface area contributed by atoms with Crippen molar-refractivity contribution in [3.63, 3.8) is 0 Å². The Labute approximate surface area is 119 Å². The van der Waals surface area contributed by atoms with Crippen molar-refractivity contribution in [2.24, 2.45) is 5.92 Å². The van der Waals surface area contributed by atoms with Crippen molar-refractivity contribution in [3.05, 3.63) is 35.4 Å². The van der Waals surface area contributed by atoms with Crippen LogP contribution < -0.4 is 5.32 Å². The van der Waals surface area contributed by atoms with E-state index in [1.165, 1.54) is 0 Å². The molecule has 0 radical (unpaired) electrons. The number of benzene rings is 1. The molecular formula is C15H22N2O3. The Hall–Kier alpha value is -1.88. The zero-order chi connectivity index (χ0) is 15.1. The quantitative estimate of drug-likeness (QED) is 0.794. The third-order valence-electron chi connectivity index (χ3n) is 2.77. The molecule has 5 nitrogen and oxygen atoms in total. The molecule has 110 valence electrons. The number of carbonyl (C=O) groups excluding carboxylic acids is 1. The molecule has 1 rings (SSSR count). The van der Waals surface area contributed by atoms with Gasteiger partial charge in [0.15, 0.2) is 0 Å². The number of nitrogens with one attached hydrogen (secondary N) is 1. The normalized spacial score (nSPS) is 10.8. The zero-order valence-electron chi connectivity index (χ0n) is 12.2. The van der Waals surface area contributed by atoms with Crippen LogP contribution in [-0.2, 0) is 11.3 Å². The van der Waals surface area contributed by atoms with Crippen molar-refractivity contribution in [2.45, 2.75) is 20.4 Å². The summed E-state index contributed by atoms with van der Waals surface area (Å²) in [5, 5.41) is 11.7. The summed E-state index contributed by atoms with van der Waals surface area (Å²) in [6.45, 7) is 5.71. The summed E-state index contributed by atoms with van der Waals surface area (Å²) < 4.78 is 0. The lowest BCUT2D eigenvalue weighted by molar-refractivity contribution is -0.122. The van der Waals surface area contributed by atoms with Gasteiger partial charge in [-0.3, -0.25) is 9.69 Å². The van der Waals surface area contributed by atoms with Crippen LogP contribution in [0.2, 0.25) is 0 Å². The Kier molecular flexibility index (Phi) is 6.18. The second kappa shape index (κ2) is 7.65. The fraction of sp³-hybridized carbons (Fsp3) is 0.467. The van der Waals surface area contributed by atoms with Crippen LogP contribution in [0.1, 0.15) is 29.8 Å². The van der Waals surface area contributed by atoms with Crippen LogP contribution in [0, 0.1) is 5.92 Å². The second-order valence-corrected chi connectivity index (χ2v) is 5.37. The predicted molar refractivity (Wildman–Crippen MR) is 77.6 cm³/mol. The van der Waals surface area contributed by atoms with Gasteiger partial charge in [0.25, 0.3) is 0 Å². The van der Waals surface area contributed by atoms with Crippen molar-refractivity contribution in [2.75, 3.05) is 20.1 Å². The standard InChI is InChI=1S/C15H22N2O3/c1-11(2)8-16-14(18)10-17(3)9-12-4-6-13(7-5-12)15(19)20/h4-7,11H,8-10H2,1-3H3,(H,16,18)(H,19,20). The van der Waals surface area contributed by atoms with Gasteiger partial charge in [0.1, 0.15) is 0 Å². The van der Waals surface area contributed by atoms with Crippen LogP contribution in [0.5, 0.6) is 0 Å². The molecule has 0 aromatic heterocycles. The van der Waals surface area contributed by atoms with E-state index in [1.54, 1.807) is 24.3 Å². The lowest BCUT2D eigenvalue weighted by atomic mass is 10.1. The van der Waals surface area contributed by atoms with E-state index in [0.29, 0.717) is 25.6 Å². The fourth-order valence-electron chi connectivity index (χ4n) is 1.74. The number of carboxylic acid groups (broad SMARTS) is 1. The maximum absolute atomic E-state index is 11.7. The monoisotopic (exact) mass is 278 g/mol. The number of aromatic carboxylic acids is 1. The predicted octanol–water partition coefficient (Wildman–Crippen LogP) is 1.59. The van der Waals surface area contributed by atoms with Crippen LogP contribution in [0.3, 0.4) is 0 Å². The van der Waals surface area contributed by atoms with Gasteiger partial charge in [-0.2, -0.15) is 0 Å². The summed E-state index contributed by atoms with van der Waals surface area (Å²) in [7, 11) is 1.86. The van der Waals surface area contributed by atoms with Crippen LogP contribution in [0.4, 0.5) is 0 Å². The first-order valence-corrected chi connectivity index (χ1v) is 6.66. The van der Waals surface area contributed by atoms with Crippen molar-refractivity contribution in [3.8, 4) is 0 Å². The minimum atomic E-state index is -0.932. The first-order valence-electron chi connectivity index (χ1n) is 6.66. The molecule has 5 heteroatoms. The first-order chi connectivity index (χ1) is 9.38. The van der Waals surface area contributed by atoms with Crippen molar-refractivity contribution >= 4 is 11.9 Å². The molecule has 0 heterocycles. The average Bonchev–Trinajstić information content (AvgIpc) is 2.36. The van der Waals surface area contributed by atoms with Crippen molar-refractivity contribution in [1.82, 2.24) is 10.2 Å². The Bertz CT molecular complexity index is 455. The number of carboxylic acids is 1. The average molecular weight is 278 g/mol. The van der Waals surface area contributed by atoms with Gasteiger partial charge < -0.3 is 10.4 Å². The molecule has 2 N–H and O–H groups in total. The Morgan fingerprint density at radius 3 is 2.35 bits per heavy atom. The molecule has 0 aliphatic rings. The van der Waals surface area contributed by atoms with Gasteiger partial charge in [0.05, 0.1) is 12.1 Å². The third-order valence-corrected chi connectivity index (χ3v) is 2.77. The highest BCUT2D eigenvalue weighted by molar-refractivity contribution is 5.87. The summed E-state index contributed by atoms with van der Waals surface area (Å²) in [5.41, 5.74) is 1.25. The molecule has 0 aliphatic carbocycles. The van der Waals surface area contributed by atoms with Gasteiger partial charge >= 0.3 is 5.97 Å². The highest BCUT2D eigenvalue weighted by Crippen LogP contribution is 2.06. The molecule has 0 unspecified atom stereocenters.